The highest BCUT2D eigenvalue weighted by Gasteiger charge is 2.20. The van der Waals surface area contributed by atoms with Gasteiger partial charge in [0, 0.05) is 18.2 Å². The van der Waals surface area contributed by atoms with Crippen molar-refractivity contribution in [1.29, 1.82) is 0 Å². The van der Waals surface area contributed by atoms with Crippen LogP contribution in [0.2, 0.25) is 0 Å². The summed E-state index contributed by atoms with van der Waals surface area (Å²) in [6.45, 7) is 4.85. The van der Waals surface area contributed by atoms with Gasteiger partial charge in [0.15, 0.2) is 5.82 Å². The number of benzene rings is 1. The van der Waals surface area contributed by atoms with Crippen molar-refractivity contribution in [3.63, 3.8) is 0 Å². The number of para-hydroxylation sites is 1. The van der Waals surface area contributed by atoms with Gasteiger partial charge in [0.05, 0.1) is 4.47 Å². The van der Waals surface area contributed by atoms with Gasteiger partial charge >= 0.3 is 0 Å². The number of halogens is 2. The molecule has 0 saturated carbocycles. The van der Waals surface area contributed by atoms with E-state index in [0.29, 0.717) is 30.6 Å². The molecule has 2 aromatic rings. The van der Waals surface area contributed by atoms with Crippen molar-refractivity contribution in [2.75, 3.05) is 25.2 Å². The van der Waals surface area contributed by atoms with E-state index >= 15 is 0 Å². The van der Waals surface area contributed by atoms with Crippen molar-refractivity contribution < 1.29 is 14.6 Å². The van der Waals surface area contributed by atoms with Gasteiger partial charge in [-0.1, -0.05) is 12.1 Å². The molecule has 0 aliphatic rings. The second kappa shape index (κ2) is 11.3. The third-order valence-corrected chi connectivity index (χ3v) is 4.11. The van der Waals surface area contributed by atoms with E-state index in [1.807, 2.05) is 38.1 Å². The number of nitrogens with two attached hydrogens (primary N) is 1. The Morgan fingerprint density at radius 3 is 2.56 bits per heavy atom. The molecule has 0 spiro atoms. The van der Waals surface area contributed by atoms with Crippen LogP contribution in [0, 0.1) is 0 Å². The van der Waals surface area contributed by atoms with Crippen LogP contribution in [0.4, 0.5) is 5.82 Å². The second-order valence-electron chi connectivity index (χ2n) is 6.35. The molecule has 27 heavy (non-hydrogen) atoms. The fraction of sp³-hybridized carbons (Fsp3) is 0.412. The highest BCUT2D eigenvalue weighted by Crippen LogP contribution is 2.23. The molecule has 0 radical (unpaired) electrons. The van der Waals surface area contributed by atoms with E-state index in [0.717, 1.165) is 4.47 Å². The zero-order chi connectivity index (χ0) is 19.0. The molecule has 1 heterocycles. The van der Waals surface area contributed by atoms with Gasteiger partial charge < -0.3 is 25.3 Å². The van der Waals surface area contributed by atoms with E-state index in [9.17, 15) is 5.11 Å². The SMILES string of the molecule is CC(C)(COc1ccc(NN)nn1)NCC(O)COc1ccccc1Br.Cl. The minimum atomic E-state index is -0.656. The van der Waals surface area contributed by atoms with E-state index in [-0.39, 0.29) is 24.6 Å². The van der Waals surface area contributed by atoms with Crippen LogP contribution in [-0.2, 0) is 0 Å². The topological polar surface area (TPSA) is 115 Å². The molecule has 0 aliphatic heterocycles. The summed E-state index contributed by atoms with van der Waals surface area (Å²) in [6, 6.07) is 10.9. The fourth-order valence-corrected chi connectivity index (χ4v) is 2.38. The van der Waals surface area contributed by atoms with Crippen molar-refractivity contribution in [2.45, 2.75) is 25.5 Å². The van der Waals surface area contributed by atoms with E-state index < -0.39 is 6.10 Å². The van der Waals surface area contributed by atoms with Gasteiger partial charge in [-0.3, -0.25) is 0 Å². The number of aliphatic hydroxyl groups is 1. The van der Waals surface area contributed by atoms with Gasteiger partial charge in [-0.15, -0.1) is 22.6 Å². The number of β-amino-alcohol motifs (C(OH)–C–C–N with tert-alkyl or cyclic N) is 1. The molecule has 1 atom stereocenters. The number of nitrogens with zero attached hydrogens (tertiary/aromatic N) is 2. The highest BCUT2D eigenvalue weighted by molar-refractivity contribution is 9.10. The summed E-state index contributed by atoms with van der Waals surface area (Å²) in [4.78, 5) is 0. The minimum absolute atomic E-state index is 0. The smallest absolute Gasteiger partial charge is 0.233 e. The average molecular weight is 463 g/mol. The van der Waals surface area contributed by atoms with Gasteiger partial charge in [0.1, 0.15) is 25.1 Å². The van der Waals surface area contributed by atoms with Crippen LogP contribution in [0.3, 0.4) is 0 Å². The molecule has 150 valence electrons. The summed E-state index contributed by atoms with van der Waals surface area (Å²) in [6.07, 6.45) is -0.656. The Kier molecular flexibility index (Phi) is 9.75. The molecule has 8 nitrogen and oxygen atoms in total. The summed E-state index contributed by atoms with van der Waals surface area (Å²) in [5, 5.41) is 21.1. The van der Waals surface area contributed by atoms with E-state index in [2.05, 4.69) is 36.9 Å². The summed E-state index contributed by atoms with van der Waals surface area (Å²) in [7, 11) is 0. The molecule has 10 heteroatoms. The van der Waals surface area contributed by atoms with E-state index in [1.54, 1.807) is 12.1 Å². The number of nitrogen functional groups attached to an aromatic ring is 1. The Balaban J connectivity index is 0.00000364. The number of hydrogen-bond acceptors (Lipinski definition) is 8. The van der Waals surface area contributed by atoms with Crippen molar-refractivity contribution in [1.82, 2.24) is 15.5 Å². The lowest BCUT2D eigenvalue weighted by molar-refractivity contribution is 0.0920. The first-order valence-electron chi connectivity index (χ1n) is 8.13. The first-order valence-corrected chi connectivity index (χ1v) is 8.92. The van der Waals surface area contributed by atoms with E-state index in [1.165, 1.54) is 0 Å². The molecule has 0 saturated heterocycles. The lowest BCUT2D eigenvalue weighted by Crippen LogP contribution is -2.48. The highest BCUT2D eigenvalue weighted by atomic mass is 79.9. The summed E-state index contributed by atoms with van der Waals surface area (Å²) in [5.41, 5.74) is 2.03. The predicted molar refractivity (Wildman–Crippen MR) is 110 cm³/mol. The molecular weight excluding hydrogens is 438 g/mol. The number of hydrogen-bond donors (Lipinski definition) is 4. The van der Waals surface area contributed by atoms with Gasteiger partial charge in [-0.2, -0.15) is 0 Å². The van der Waals surface area contributed by atoms with Gasteiger partial charge in [-0.25, -0.2) is 5.84 Å². The molecular formula is C17H25BrClN5O3. The van der Waals surface area contributed by atoms with Crippen LogP contribution in [-0.4, -0.2) is 46.7 Å². The number of nitrogens with one attached hydrogen (secondary N) is 2. The van der Waals surface area contributed by atoms with Crippen molar-refractivity contribution in [3.05, 3.63) is 40.9 Å². The zero-order valence-corrected chi connectivity index (χ0v) is 17.6. The number of hydrazine groups is 1. The molecule has 1 unspecified atom stereocenters. The standard InChI is InChI=1S/C17H24BrN5O3.ClH/c1-17(2,11-26-16-8-7-15(21-19)22-23-16)20-9-12(24)10-25-14-6-4-3-5-13(14)18;/h3-8,12,20,24H,9-11,19H2,1-2H3,(H,21,22);1H. The maximum absolute atomic E-state index is 10.1. The largest absolute Gasteiger partial charge is 0.490 e. The van der Waals surface area contributed by atoms with Gasteiger partial charge in [0.25, 0.3) is 0 Å². The minimum Gasteiger partial charge on any atom is -0.490 e. The van der Waals surface area contributed by atoms with Crippen molar-refractivity contribution >= 4 is 34.2 Å². The molecule has 0 fully saturated rings. The molecule has 2 rings (SSSR count). The molecule has 5 N–H and O–H groups in total. The monoisotopic (exact) mass is 461 g/mol. The number of anilines is 1. The fourth-order valence-electron chi connectivity index (χ4n) is 1.98. The first-order chi connectivity index (χ1) is 12.4. The average Bonchev–Trinajstić information content (AvgIpc) is 2.65. The van der Waals surface area contributed by atoms with Crippen molar-refractivity contribution in [3.8, 4) is 11.6 Å². The third kappa shape index (κ3) is 8.27. The van der Waals surface area contributed by atoms with Gasteiger partial charge in [0.2, 0.25) is 5.88 Å². The van der Waals surface area contributed by atoms with Crippen LogP contribution in [0.15, 0.2) is 40.9 Å². The Morgan fingerprint density at radius 1 is 1.19 bits per heavy atom. The van der Waals surface area contributed by atoms with Crippen molar-refractivity contribution in [2.24, 2.45) is 5.84 Å². The number of rotatable bonds is 10. The normalized spacial score (nSPS) is 12.0. The zero-order valence-electron chi connectivity index (χ0n) is 15.2. The maximum Gasteiger partial charge on any atom is 0.233 e. The summed E-state index contributed by atoms with van der Waals surface area (Å²) < 4.78 is 12.1. The van der Waals surface area contributed by atoms with Crippen LogP contribution in [0.1, 0.15) is 13.8 Å². The number of aromatic nitrogens is 2. The van der Waals surface area contributed by atoms with Crippen LogP contribution >= 0.6 is 28.3 Å². The van der Waals surface area contributed by atoms with E-state index in [4.69, 9.17) is 15.3 Å². The Morgan fingerprint density at radius 2 is 1.93 bits per heavy atom. The first kappa shape index (κ1) is 23.4. The molecule has 1 aromatic carbocycles. The molecule has 0 bridgehead atoms. The maximum atomic E-state index is 10.1. The predicted octanol–water partition coefficient (Wildman–Crippen LogP) is 2.13. The second-order valence-corrected chi connectivity index (χ2v) is 7.20. The third-order valence-electron chi connectivity index (χ3n) is 3.45. The molecule has 0 amide bonds. The lowest BCUT2D eigenvalue weighted by atomic mass is 10.1. The Bertz CT molecular complexity index is 691. The lowest BCUT2D eigenvalue weighted by Gasteiger charge is -2.27. The number of aliphatic hydroxyl groups excluding tert-OH is 1. The Labute approximate surface area is 173 Å². The molecule has 1 aromatic heterocycles. The summed E-state index contributed by atoms with van der Waals surface area (Å²) in [5.74, 6) is 6.80. The quantitative estimate of drug-likeness (QED) is 0.314. The number of ether oxygens (including phenoxy) is 2. The van der Waals surface area contributed by atoms with Crippen LogP contribution in [0.25, 0.3) is 0 Å². The van der Waals surface area contributed by atoms with Crippen LogP contribution in [0.5, 0.6) is 11.6 Å². The summed E-state index contributed by atoms with van der Waals surface area (Å²) >= 11 is 3.41. The Hall–Kier alpha value is -1.65. The van der Waals surface area contributed by atoms with Crippen LogP contribution < -0.4 is 26.1 Å². The van der Waals surface area contributed by atoms with Gasteiger partial charge in [-0.05, 0) is 48.0 Å². The molecule has 0 aliphatic carbocycles.